The van der Waals surface area contributed by atoms with Gasteiger partial charge in [0.2, 0.25) is 5.91 Å². The third-order valence-electron chi connectivity index (χ3n) is 4.10. The molecule has 0 atom stereocenters. The lowest BCUT2D eigenvalue weighted by Gasteiger charge is -2.19. The summed E-state index contributed by atoms with van der Waals surface area (Å²) in [5.74, 6) is -0.514. The number of anilines is 2. The largest absolute Gasteiger partial charge is 0.320 e. The van der Waals surface area contributed by atoms with Crippen LogP contribution in [0.4, 0.5) is 11.4 Å². The molecule has 7 nitrogen and oxygen atoms in total. The van der Waals surface area contributed by atoms with Gasteiger partial charge in [-0.05, 0) is 18.6 Å². The molecular formula is C17H14N4O3S. The van der Waals surface area contributed by atoms with E-state index in [-0.39, 0.29) is 11.5 Å². The zero-order valence-corrected chi connectivity index (χ0v) is 14.0. The molecule has 8 heteroatoms. The van der Waals surface area contributed by atoms with Crippen LogP contribution in [0.25, 0.3) is 4.96 Å². The van der Waals surface area contributed by atoms with Gasteiger partial charge in [-0.2, -0.15) is 0 Å². The van der Waals surface area contributed by atoms with E-state index in [0.717, 1.165) is 6.42 Å². The lowest BCUT2D eigenvalue weighted by Crippen LogP contribution is -2.28. The first-order chi connectivity index (χ1) is 12.1. The van der Waals surface area contributed by atoms with Crippen molar-refractivity contribution in [3.8, 4) is 0 Å². The smallest absolute Gasteiger partial charge is 0.271 e. The molecular weight excluding hydrogens is 340 g/mol. The maximum absolute atomic E-state index is 12.6. The number of hydrogen-bond acceptors (Lipinski definition) is 5. The van der Waals surface area contributed by atoms with Gasteiger partial charge in [-0.3, -0.25) is 18.8 Å². The highest BCUT2D eigenvalue weighted by Gasteiger charge is 2.24. The zero-order chi connectivity index (χ0) is 17.4. The van der Waals surface area contributed by atoms with Crippen LogP contribution >= 0.6 is 11.3 Å². The number of thiazole rings is 1. The Morgan fingerprint density at radius 3 is 2.88 bits per heavy atom. The number of fused-ring (bicyclic) bond motifs is 1. The number of aromatic nitrogens is 2. The van der Waals surface area contributed by atoms with E-state index in [1.54, 1.807) is 34.7 Å². The molecule has 0 unspecified atom stereocenters. The first kappa shape index (κ1) is 15.5. The van der Waals surface area contributed by atoms with E-state index in [1.807, 2.05) is 6.07 Å². The summed E-state index contributed by atoms with van der Waals surface area (Å²) in [4.78, 5) is 43.3. The minimum atomic E-state index is -0.544. The van der Waals surface area contributed by atoms with E-state index in [2.05, 4.69) is 10.3 Å². The number of rotatable bonds is 3. The van der Waals surface area contributed by atoms with Crippen LogP contribution in [0.15, 0.2) is 46.8 Å². The summed E-state index contributed by atoms with van der Waals surface area (Å²) < 4.78 is 1.34. The number of benzene rings is 1. The summed E-state index contributed by atoms with van der Waals surface area (Å²) in [5, 5.41) is 4.48. The van der Waals surface area contributed by atoms with Crippen LogP contribution < -0.4 is 15.8 Å². The van der Waals surface area contributed by atoms with Crippen molar-refractivity contribution in [2.75, 3.05) is 16.8 Å². The van der Waals surface area contributed by atoms with Crippen LogP contribution in [-0.4, -0.2) is 27.7 Å². The Bertz CT molecular complexity index is 1040. The van der Waals surface area contributed by atoms with E-state index in [9.17, 15) is 14.4 Å². The fourth-order valence-electron chi connectivity index (χ4n) is 2.89. The summed E-state index contributed by atoms with van der Waals surface area (Å²) in [6.07, 6.45) is 4.17. The van der Waals surface area contributed by atoms with E-state index in [0.29, 0.717) is 29.3 Å². The number of nitrogens with one attached hydrogen (secondary N) is 1. The van der Waals surface area contributed by atoms with Crippen LogP contribution in [0, 0.1) is 0 Å². The maximum atomic E-state index is 12.6. The second-order valence-electron chi connectivity index (χ2n) is 5.65. The lowest BCUT2D eigenvalue weighted by atomic mass is 10.2. The number of para-hydroxylation sites is 2. The number of nitrogens with zero attached hydrogens (tertiary/aromatic N) is 3. The Labute approximate surface area is 146 Å². The first-order valence-corrected chi connectivity index (χ1v) is 8.69. The summed E-state index contributed by atoms with van der Waals surface area (Å²) >= 11 is 1.32. The Morgan fingerprint density at radius 1 is 1.24 bits per heavy atom. The van der Waals surface area contributed by atoms with Crippen molar-refractivity contribution < 1.29 is 9.59 Å². The quantitative estimate of drug-likeness (QED) is 0.781. The van der Waals surface area contributed by atoms with E-state index < -0.39 is 11.5 Å². The minimum Gasteiger partial charge on any atom is -0.320 e. The molecule has 1 aromatic carbocycles. The van der Waals surface area contributed by atoms with Crippen molar-refractivity contribution in [2.45, 2.75) is 12.8 Å². The van der Waals surface area contributed by atoms with Crippen LogP contribution in [0.5, 0.6) is 0 Å². The lowest BCUT2D eigenvalue weighted by molar-refractivity contribution is -0.117. The van der Waals surface area contributed by atoms with Crippen LogP contribution in [0.1, 0.15) is 23.2 Å². The molecule has 1 aliphatic rings. The predicted molar refractivity (Wildman–Crippen MR) is 95.3 cm³/mol. The molecule has 4 rings (SSSR count). The monoisotopic (exact) mass is 354 g/mol. The van der Waals surface area contributed by atoms with Gasteiger partial charge in [-0.25, -0.2) is 4.98 Å². The van der Waals surface area contributed by atoms with Gasteiger partial charge < -0.3 is 10.2 Å². The summed E-state index contributed by atoms with van der Waals surface area (Å²) in [5.41, 5.74) is 0.678. The number of amides is 2. The average molecular weight is 354 g/mol. The van der Waals surface area contributed by atoms with Crippen molar-refractivity contribution in [3.05, 3.63) is 58.0 Å². The normalized spacial score (nSPS) is 14.2. The SMILES string of the molecule is O=C(Nc1ccccc1N1CCCC1=O)c1cnc2sccn2c1=O. The van der Waals surface area contributed by atoms with Crippen molar-refractivity contribution >= 4 is 39.5 Å². The molecule has 1 N–H and O–H groups in total. The molecule has 0 bridgehead atoms. The Hall–Kier alpha value is -3.00. The second kappa shape index (κ2) is 6.14. The van der Waals surface area contributed by atoms with Gasteiger partial charge >= 0.3 is 0 Å². The fraction of sp³-hybridized carbons (Fsp3) is 0.176. The topological polar surface area (TPSA) is 83.8 Å². The first-order valence-electron chi connectivity index (χ1n) is 7.81. The summed E-state index contributed by atoms with van der Waals surface area (Å²) in [7, 11) is 0. The van der Waals surface area contributed by atoms with Crippen molar-refractivity contribution in [2.24, 2.45) is 0 Å². The van der Waals surface area contributed by atoms with Crippen molar-refractivity contribution in [3.63, 3.8) is 0 Å². The number of hydrogen-bond donors (Lipinski definition) is 1. The molecule has 2 aromatic heterocycles. The molecule has 3 aromatic rings. The summed E-state index contributed by atoms with van der Waals surface area (Å²) in [6.45, 7) is 0.622. The Morgan fingerprint density at radius 2 is 2.08 bits per heavy atom. The fourth-order valence-corrected chi connectivity index (χ4v) is 3.56. The van der Waals surface area contributed by atoms with E-state index >= 15 is 0 Å². The molecule has 0 aliphatic carbocycles. The van der Waals surface area contributed by atoms with Crippen molar-refractivity contribution in [1.29, 1.82) is 0 Å². The van der Waals surface area contributed by atoms with Gasteiger partial charge in [-0.15, -0.1) is 11.3 Å². The van der Waals surface area contributed by atoms with E-state index in [4.69, 9.17) is 0 Å². The predicted octanol–water partition coefficient (Wildman–Crippen LogP) is 2.14. The highest BCUT2D eigenvalue weighted by Crippen LogP contribution is 2.29. The van der Waals surface area contributed by atoms with Gasteiger partial charge in [-0.1, -0.05) is 12.1 Å². The van der Waals surface area contributed by atoms with E-state index in [1.165, 1.54) is 21.9 Å². The van der Waals surface area contributed by atoms with Gasteiger partial charge in [0.1, 0.15) is 5.56 Å². The van der Waals surface area contributed by atoms with Gasteiger partial charge in [0.15, 0.2) is 4.96 Å². The number of carbonyl (C=O) groups excluding carboxylic acids is 2. The molecule has 1 aliphatic heterocycles. The molecule has 1 fully saturated rings. The van der Waals surface area contributed by atoms with Gasteiger partial charge in [0.05, 0.1) is 11.4 Å². The standard InChI is InChI=1S/C17H14N4O3S/c22-14-6-3-7-20(14)13-5-2-1-4-12(13)19-15(23)11-10-18-17-21(16(11)24)8-9-25-17/h1-2,4-5,8-10H,3,6-7H2,(H,19,23). The van der Waals surface area contributed by atoms with Crippen LogP contribution in [0.3, 0.4) is 0 Å². The highest BCUT2D eigenvalue weighted by molar-refractivity contribution is 7.15. The Balaban J connectivity index is 1.68. The third-order valence-corrected chi connectivity index (χ3v) is 4.87. The van der Waals surface area contributed by atoms with Crippen molar-refractivity contribution in [1.82, 2.24) is 9.38 Å². The molecule has 2 amide bonds. The molecule has 0 radical (unpaired) electrons. The number of carbonyl (C=O) groups is 2. The molecule has 25 heavy (non-hydrogen) atoms. The molecule has 0 saturated carbocycles. The summed E-state index contributed by atoms with van der Waals surface area (Å²) in [6, 6.07) is 7.08. The molecule has 0 spiro atoms. The second-order valence-corrected chi connectivity index (χ2v) is 6.53. The minimum absolute atomic E-state index is 0.0307. The maximum Gasteiger partial charge on any atom is 0.271 e. The Kier molecular flexibility index (Phi) is 3.81. The third kappa shape index (κ3) is 2.70. The van der Waals surface area contributed by atoms with Crippen LogP contribution in [-0.2, 0) is 4.79 Å². The highest BCUT2D eigenvalue weighted by atomic mass is 32.1. The van der Waals surface area contributed by atoms with Gasteiger partial charge in [0.25, 0.3) is 11.5 Å². The molecule has 3 heterocycles. The van der Waals surface area contributed by atoms with Gasteiger partial charge in [0, 0.05) is 30.7 Å². The molecule has 126 valence electrons. The zero-order valence-electron chi connectivity index (χ0n) is 13.1. The molecule has 1 saturated heterocycles. The average Bonchev–Trinajstić information content (AvgIpc) is 3.25. The van der Waals surface area contributed by atoms with Crippen LogP contribution in [0.2, 0.25) is 0 Å².